The zero-order chi connectivity index (χ0) is 23.8. The molecule has 0 heterocycles. The van der Waals surface area contributed by atoms with Crippen LogP contribution in [0, 0.1) is 6.92 Å². The monoisotopic (exact) mass is 450 g/mol. The fourth-order valence-corrected chi connectivity index (χ4v) is 3.57. The summed E-state index contributed by atoms with van der Waals surface area (Å²) in [6, 6.07) is 32.6. The second-order valence-corrected chi connectivity index (χ2v) is 7.99. The molecule has 4 aromatic rings. The molecule has 0 saturated heterocycles. The molecule has 0 aliphatic heterocycles. The number of carbonyl (C=O) groups excluding carboxylic acids is 2. The van der Waals surface area contributed by atoms with Crippen LogP contribution in [0.3, 0.4) is 0 Å². The van der Waals surface area contributed by atoms with Gasteiger partial charge in [0.2, 0.25) is 5.91 Å². The second kappa shape index (κ2) is 11.0. The Hall–Kier alpha value is -4.38. The van der Waals surface area contributed by atoms with Gasteiger partial charge in [-0.15, -0.1) is 0 Å². The average molecular weight is 451 g/mol. The van der Waals surface area contributed by atoms with Crippen molar-refractivity contribution in [3.8, 4) is 11.5 Å². The molecule has 34 heavy (non-hydrogen) atoms. The third-order valence-electron chi connectivity index (χ3n) is 5.30. The molecule has 4 rings (SSSR count). The van der Waals surface area contributed by atoms with Crippen LogP contribution in [0.4, 0.5) is 5.69 Å². The smallest absolute Gasteiger partial charge is 0.251 e. The van der Waals surface area contributed by atoms with Gasteiger partial charge in [0.1, 0.15) is 11.8 Å². The lowest BCUT2D eigenvalue weighted by molar-refractivity contribution is -0.118. The summed E-state index contributed by atoms with van der Waals surface area (Å²) >= 11 is 0. The summed E-state index contributed by atoms with van der Waals surface area (Å²) in [5, 5.41) is 5.83. The lowest BCUT2D eigenvalue weighted by Crippen LogP contribution is -2.45. The van der Waals surface area contributed by atoms with Crippen LogP contribution >= 0.6 is 0 Å². The Balaban J connectivity index is 1.55. The molecule has 0 aliphatic carbocycles. The Morgan fingerprint density at radius 2 is 1.47 bits per heavy atom. The van der Waals surface area contributed by atoms with Gasteiger partial charge in [-0.2, -0.15) is 0 Å². The summed E-state index contributed by atoms with van der Waals surface area (Å²) in [4.78, 5) is 26.2. The molecule has 0 aliphatic rings. The topological polar surface area (TPSA) is 67.4 Å². The van der Waals surface area contributed by atoms with Crippen LogP contribution in [0.2, 0.25) is 0 Å². The van der Waals surface area contributed by atoms with Gasteiger partial charge in [0.15, 0.2) is 5.75 Å². The number of nitrogens with one attached hydrogen (secondary N) is 2. The Kier molecular flexibility index (Phi) is 7.35. The van der Waals surface area contributed by atoms with Crippen LogP contribution in [-0.4, -0.2) is 17.9 Å². The molecule has 1 atom stereocenters. The van der Waals surface area contributed by atoms with Gasteiger partial charge >= 0.3 is 0 Å². The summed E-state index contributed by atoms with van der Waals surface area (Å²) < 4.78 is 6.04. The van der Waals surface area contributed by atoms with Crippen LogP contribution in [0.5, 0.6) is 11.5 Å². The Morgan fingerprint density at radius 1 is 0.794 bits per heavy atom. The van der Waals surface area contributed by atoms with Crippen molar-refractivity contribution < 1.29 is 14.3 Å². The highest BCUT2D eigenvalue weighted by molar-refractivity contribution is 6.01. The van der Waals surface area contributed by atoms with E-state index in [2.05, 4.69) is 10.6 Å². The quantitative estimate of drug-likeness (QED) is 0.358. The van der Waals surface area contributed by atoms with Crippen LogP contribution < -0.4 is 15.4 Å². The zero-order valence-corrected chi connectivity index (χ0v) is 18.9. The first-order valence-corrected chi connectivity index (χ1v) is 11.1. The van der Waals surface area contributed by atoms with Gasteiger partial charge in [0, 0.05) is 12.0 Å². The van der Waals surface area contributed by atoms with Crippen LogP contribution in [0.15, 0.2) is 109 Å². The number of hydrogen-bond donors (Lipinski definition) is 2. The molecule has 2 amide bonds. The lowest BCUT2D eigenvalue weighted by atomic mass is 10.0. The predicted octanol–water partition coefficient (Wildman–Crippen LogP) is 5.77. The van der Waals surface area contributed by atoms with Crippen molar-refractivity contribution >= 4 is 17.5 Å². The molecule has 0 bridgehead atoms. The molecule has 0 spiro atoms. The third kappa shape index (κ3) is 6.11. The largest absolute Gasteiger partial charge is 0.455 e. The standard InChI is InChI=1S/C29H26N2O3/c1-21-11-10-16-24(19-21)34-27-18-9-8-17-25(27)30-29(33)26(20-22-12-4-2-5-13-22)31-28(32)23-14-6-3-7-15-23/h2-19,26H,20H2,1H3,(H,30,33)(H,31,32)/t26-/m0/s1. The van der Waals surface area contributed by atoms with E-state index in [-0.39, 0.29) is 11.8 Å². The number of anilines is 1. The van der Waals surface area contributed by atoms with Crippen molar-refractivity contribution in [1.29, 1.82) is 0 Å². The second-order valence-electron chi connectivity index (χ2n) is 7.99. The van der Waals surface area contributed by atoms with Gasteiger partial charge in [0.25, 0.3) is 5.91 Å². The zero-order valence-electron chi connectivity index (χ0n) is 18.9. The number of hydrogen-bond acceptors (Lipinski definition) is 3. The van der Waals surface area contributed by atoms with Crippen molar-refractivity contribution in [3.63, 3.8) is 0 Å². The van der Waals surface area contributed by atoms with Crippen LogP contribution in [-0.2, 0) is 11.2 Å². The van der Waals surface area contributed by atoms with Gasteiger partial charge in [-0.05, 0) is 54.4 Å². The fourth-order valence-electron chi connectivity index (χ4n) is 3.57. The van der Waals surface area contributed by atoms with Gasteiger partial charge in [0.05, 0.1) is 5.69 Å². The van der Waals surface area contributed by atoms with E-state index in [9.17, 15) is 9.59 Å². The average Bonchev–Trinajstić information content (AvgIpc) is 2.86. The van der Waals surface area contributed by atoms with E-state index in [0.29, 0.717) is 29.2 Å². The van der Waals surface area contributed by atoms with E-state index in [0.717, 1.165) is 11.1 Å². The summed E-state index contributed by atoms with van der Waals surface area (Å²) in [6.45, 7) is 1.99. The molecule has 0 fully saturated rings. The summed E-state index contributed by atoms with van der Waals surface area (Å²) in [6.07, 6.45) is 0.353. The SMILES string of the molecule is Cc1cccc(Oc2ccccc2NC(=O)[C@H](Cc2ccccc2)NC(=O)c2ccccc2)c1. The number of para-hydroxylation sites is 2. The normalized spacial score (nSPS) is 11.3. The van der Waals surface area contributed by atoms with Gasteiger partial charge in [-0.3, -0.25) is 9.59 Å². The fraction of sp³-hybridized carbons (Fsp3) is 0.103. The molecule has 5 heteroatoms. The summed E-state index contributed by atoms with van der Waals surface area (Å²) in [7, 11) is 0. The highest BCUT2D eigenvalue weighted by atomic mass is 16.5. The van der Waals surface area contributed by atoms with E-state index < -0.39 is 6.04 Å². The molecule has 2 N–H and O–H groups in total. The van der Waals surface area contributed by atoms with E-state index in [1.54, 1.807) is 36.4 Å². The molecular weight excluding hydrogens is 424 g/mol. The minimum absolute atomic E-state index is 0.305. The predicted molar refractivity (Wildman–Crippen MR) is 134 cm³/mol. The van der Waals surface area contributed by atoms with Gasteiger partial charge < -0.3 is 15.4 Å². The Morgan fingerprint density at radius 3 is 2.21 bits per heavy atom. The number of amides is 2. The molecule has 0 aromatic heterocycles. The van der Waals surface area contributed by atoms with Crippen molar-refractivity contribution in [2.75, 3.05) is 5.32 Å². The van der Waals surface area contributed by atoms with Gasteiger partial charge in [-0.1, -0.05) is 72.8 Å². The van der Waals surface area contributed by atoms with Crippen molar-refractivity contribution in [3.05, 3.63) is 126 Å². The molecule has 0 saturated carbocycles. The maximum Gasteiger partial charge on any atom is 0.251 e. The van der Waals surface area contributed by atoms with E-state index in [1.807, 2.05) is 79.7 Å². The lowest BCUT2D eigenvalue weighted by Gasteiger charge is -2.20. The molecule has 170 valence electrons. The minimum atomic E-state index is -0.776. The first-order chi connectivity index (χ1) is 16.6. The molecule has 0 radical (unpaired) electrons. The van der Waals surface area contributed by atoms with Crippen molar-refractivity contribution in [2.24, 2.45) is 0 Å². The van der Waals surface area contributed by atoms with Crippen LogP contribution in [0.1, 0.15) is 21.5 Å². The van der Waals surface area contributed by atoms with E-state index in [1.165, 1.54) is 0 Å². The minimum Gasteiger partial charge on any atom is -0.455 e. The maximum absolute atomic E-state index is 13.4. The number of carbonyl (C=O) groups is 2. The van der Waals surface area contributed by atoms with Crippen molar-refractivity contribution in [1.82, 2.24) is 5.32 Å². The van der Waals surface area contributed by atoms with E-state index in [4.69, 9.17) is 4.74 Å². The number of ether oxygens (including phenoxy) is 1. The van der Waals surface area contributed by atoms with E-state index >= 15 is 0 Å². The highest BCUT2D eigenvalue weighted by Crippen LogP contribution is 2.30. The van der Waals surface area contributed by atoms with Crippen molar-refractivity contribution in [2.45, 2.75) is 19.4 Å². The summed E-state index contributed by atoms with van der Waals surface area (Å²) in [5.74, 6) is 0.573. The molecule has 0 unspecified atom stereocenters. The Labute approximate surface area is 199 Å². The van der Waals surface area contributed by atoms with Gasteiger partial charge in [-0.25, -0.2) is 0 Å². The molecular formula is C29H26N2O3. The number of benzene rings is 4. The first kappa shape index (κ1) is 22.8. The molecule has 4 aromatic carbocycles. The highest BCUT2D eigenvalue weighted by Gasteiger charge is 2.23. The number of aryl methyl sites for hydroxylation is 1. The van der Waals surface area contributed by atoms with Crippen LogP contribution in [0.25, 0.3) is 0 Å². The first-order valence-electron chi connectivity index (χ1n) is 11.1. The molecule has 5 nitrogen and oxygen atoms in total. The maximum atomic E-state index is 13.4. The third-order valence-corrected chi connectivity index (χ3v) is 5.30. The summed E-state index contributed by atoms with van der Waals surface area (Å²) in [5.41, 5.74) is 3.04. The number of rotatable bonds is 8. The Bertz CT molecular complexity index is 1260.